The third-order valence-electron chi connectivity index (χ3n) is 3.78. The van der Waals surface area contributed by atoms with Crippen LogP contribution in [0, 0.1) is 0 Å². The molecular formula is C21H18NO4S-. The van der Waals surface area contributed by atoms with Crippen molar-refractivity contribution in [1.82, 2.24) is 4.98 Å². The zero-order valence-corrected chi connectivity index (χ0v) is 15.8. The molecule has 0 saturated heterocycles. The van der Waals surface area contributed by atoms with E-state index in [1.165, 1.54) is 0 Å². The van der Waals surface area contributed by atoms with Crippen molar-refractivity contribution < 1.29 is 19.4 Å². The predicted molar refractivity (Wildman–Crippen MR) is 105 cm³/mol. The minimum atomic E-state index is -1.23. The summed E-state index contributed by atoms with van der Waals surface area (Å²) in [5.74, 6) is 0.0876. The fourth-order valence-corrected chi connectivity index (χ4v) is 3.40. The van der Waals surface area contributed by atoms with E-state index in [9.17, 15) is 9.90 Å². The summed E-state index contributed by atoms with van der Waals surface area (Å²) in [4.78, 5) is 16.1. The SMILES string of the molecule is CCOc1cc(/C=C/c2nc(-c3ccccc3)c(C(=O)[O-])s2)ccc1OC. The molecule has 0 unspecified atom stereocenters. The van der Waals surface area contributed by atoms with Crippen LogP contribution in [0.1, 0.15) is 27.2 Å². The van der Waals surface area contributed by atoms with Gasteiger partial charge in [-0.05, 0) is 30.7 Å². The number of carboxylic acid groups (broad SMARTS) is 1. The summed E-state index contributed by atoms with van der Waals surface area (Å²) in [6.07, 6.45) is 3.63. The predicted octanol–water partition coefficient (Wildman–Crippen LogP) is 3.75. The highest BCUT2D eigenvalue weighted by Crippen LogP contribution is 2.31. The molecule has 3 rings (SSSR count). The molecule has 27 heavy (non-hydrogen) atoms. The molecule has 6 heteroatoms. The normalized spacial score (nSPS) is 10.9. The van der Waals surface area contributed by atoms with E-state index < -0.39 is 5.97 Å². The van der Waals surface area contributed by atoms with Crippen molar-refractivity contribution in [2.45, 2.75) is 6.92 Å². The monoisotopic (exact) mass is 380 g/mol. The number of carbonyl (C=O) groups is 1. The number of ether oxygens (including phenoxy) is 2. The largest absolute Gasteiger partial charge is 0.544 e. The van der Waals surface area contributed by atoms with Crippen LogP contribution in [0.4, 0.5) is 0 Å². The highest BCUT2D eigenvalue weighted by atomic mass is 32.1. The van der Waals surface area contributed by atoms with Crippen molar-refractivity contribution in [2.75, 3.05) is 13.7 Å². The number of aromatic nitrogens is 1. The Morgan fingerprint density at radius 3 is 2.59 bits per heavy atom. The van der Waals surface area contributed by atoms with Gasteiger partial charge in [0.05, 0.1) is 30.3 Å². The minimum absolute atomic E-state index is 0.116. The summed E-state index contributed by atoms with van der Waals surface area (Å²) in [5, 5.41) is 12.1. The van der Waals surface area contributed by atoms with Crippen molar-refractivity contribution in [3.63, 3.8) is 0 Å². The number of benzene rings is 2. The summed E-state index contributed by atoms with van der Waals surface area (Å²) < 4.78 is 10.9. The van der Waals surface area contributed by atoms with Gasteiger partial charge in [0.15, 0.2) is 11.5 Å². The van der Waals surface area contributed by atoms with Crippen LogP contribution in [0.5, 0.6) is 11.5 Å². The summed E-state index contributed by atoms with van der Waals surface area (Å²) >= 11 is 1.09. The van der Waals surface area contributed by atoms with E-state index in [1.54, 1.807) is 13.2 Å². The number of aromatic carboxylic acids is 1. The molecule has 1 aromatic heterocycles. The van der Waals surface area contributed by atoms with Crippen molar-refractivity contribution in [2.24, 2.45) is 0 Å². The minimum Gasteiger partial charge on any atom is -0.544 e. The molecule has 0 fully saturated rings. The van der Waals surface area contributed by atoms with Gasteiger partial charge in [-0.2, -0.15) is 0 Å². The van der Waals surface area contributed by atoms with Gasteiger partial charge in [-0.1, -0.05) is 42.5 Å². The van der Waals surface area contributed by atoms with Crippen molar-refractivity contribution in [3.05, 3.63) is 64.0 Å². The lowest BCUT2D eigenvalue weighted by Gasteiger charge is -2.09. The Bertz CT molecular complexity index is 964. The zero-order valence-electron chi connectivity index (χ0n) is 15.0. The quantitative estimate of drug-likeness (QED) is 0.624. The van der Waals surface area contributed by atoms with Crippen LogP contribution in [-0.4, -0.2) is 24.7 Å². The maximum Gasteiger partial charge on any atom is 0.161 e. The van der Waals surface area contributed by atoms with Gasteiger partial charge in [0.2, 0.25) is 0 Å². The second-order valence-electron chi connectivity index (χ2n) is 5.56. The Labute approximate surface area is 161 Å². The first-order chi connectivity index (χ1) is 13.1. The van der Waals surface area contributed by atoms with Crippen LogP contribution < -0.4 is 14.6 Å². The van der Waals surface area contributed by atoms with Crippen LogP contribution in [0.25, 0.3) is 23.4 Å². The lowest BCUT2D eigenvalue weighted by Crippen LogP contribution is -2.21. The zero-order chi connectivity index (χ0) is 19.2. The van der Waals surface area contributed by atoms with E-state index in [-0.39, 0.29) is 4.88 Å². The average molecular weight is 380 g/mol. The smallest absolute Gasteiger partial charge is 0.161 e. The lowest BCUT2D eigenvalue weighted by molar-refractivity contribution is -0.254. The first-order valence-electron chi connectivity index (χ1n) is 8.39. The van der Waals surface area contributed by atoms with Gasteiger partial charge in [0.25, 0.3) is 0 Å². The fraction of sp³-hybridized carbons (Fsp3) is 0.143. The van der Waals surface area contributed by atoms with E-state index >= 15 is 0 Å². The average Bonchev–Trinajstić information content (AvgIpc) is 3.12. The maximum absolute atomic E-state index is 11.5. The highest BCUT2D eigenvalue weighted by Gasteiger charge is 2.12. The van der Waals surface area contributed by atoms with Gasteiger partial charge in [-0.15, -0.1) is 11.3 Å². The van der Waals surface area contributed by atoms with E-state index in [0.29, 0.717) is 28.8 Å². The summed E-state index contributed by atoms with van der Waals surface area (Å²) in [7, 11) is 1.59. The molecule has 0 amide bonds. The Hall–Kier alpha value is -3.12. The van der Waals surface area contributed by atoms with Gasteiger partial charge in [0.1, 0.15) is 5.01 Å². The van der Waals surface area contributed by atoms with Crippen LogP contribution in [0.3, 0.4) is 0 Å². The molecule has 138 valence electrons. The molecule has 0 N–H and O–H groups in total. The third kappa shape index (κ3) is 4.35. The molecule has 0 radical (unpaired) electrons. The van der Waals surface area contributed by atoms with Gasteiger partial charge in [0, 0.05) is 5.56 Å². The molecule has 0 aliphatic heterocycles. The molecule has 0 spiro atoms. The molecule has 0 aliphatic carbocycles. The molecular weight excluding hydrogens is 362 g/mol. The van der Waals surface area contributed by atoms with Crippen LogP contribution in [0.2, 0.25) is 0 Å². The summed E-state index contributed by atoms with van der Waals surface area (Å²) in [5.41, 5.74) is 2.06. The second-order valence-corrected chi connectivity index (χ2v) is 6.59. The molecule has 2 aromatic carbocycles. The van der Waals surface area contributed by atoms with Gasteiger partial charge < -0.3 is 19.4 Å². The number of carboxylic acids is 1. The van der Waals surface area contributed by atoms with E-state index in [1.807, 2.05) is 61.5 Å². The van der Waals surface area contributed by atoms with Gasteiger partial charge in [-0.25, -0.2) is 4.98 Å². The number of thiazole rings is 1. The molecule has 0 atom stereocenters. The van der Waals surface area contributed by atoms with E-state index in [0.717, 1.165) is 22.5 Å². The first-order valence-corrected chi connectivity index (χ1v) is 9.20. The maximum atomic E-state index is 11.5. The number of rotatable bonds is 7. The molecule has 0 saturated carbocycles. The van der Waals surface area contributed by atoms with Crippen LogP contribution in [-0.2, 0) is 0 Å². The highest BCUT2D eigenvalue weighted by molar-refractivity contribution is 7.14. The second kappa shape index (κ2) is 8.51. The number of nitrogens with zero attached hydrogens (tertiary/aromatic N) is 1. The number of carbonyl (C=O) groups excluding carboxylic acids is 1. The molecule has 5 nitrogen and oxygen atoms in total. The Morgan fingerprint density at radius 2 is 1.93 bits per heavy atom. The first kappa shape index (κ1) is 18.7. The Morgan fingerprint density at radius 1 is 1.15 bits per heavy atom. The van der Waals surface area contributed by atoms with Crippen LogP contribution >= 0.6 is 11.3 Å². The number of methoxy groups -OCH3 is 1. The van der Waals surface area contributed by atoms with E-state index in [4.69, 9.17) is 9.47 Å². The fourth-order valence-electron chi connectivity index (χ4n) is 2.57. The van der Waals surface area contributed by atoms with Crippen LogP contribution in [0.15, 0.2) is 48.5 Å². The van der Waals surface area contributed by atoms with Crippen molar-refractivity contribution in [1.29, 1.82) is 0 Å². The van der Waals surface area contributed by atoms with Crippen molar-refractivity contribution in [3.8, 4) is 22.8 Å². The molecule has 1 heterocycles. The number of hydrogen-bond acceptors (Lipinski definition) is 6. The summed E-state index contributed by atoms with van der Waals surface area (Å²) in [6.45, 7) is 2.44. The molecule has 0 aliphatic rings. The van der Waals surface area contributed by atoms with E-state index in [2.05, 4.69) is 4.98 Å². The Kier molecular flexibility index (Phi) is 5.88. The standard InChI is InChI=1S/C21H19NO4S/c1-3-26-17-13-14(9-11-16(17)25-2)10-12-18-22-19(20(27-18)21(23)24)15-7-5-4-6-8-15/h4-13H,3H2,1-2H3,(H,23,24)/p-1/b12-10+. The third-order valence-corrected chi connectivity index (χ3v) is 4.78. The van der Waals surface area contributed by atoms with Gasteiger partial charge in [-0.3, -0.25) is 0 Å². The molecule has 0 bridgehead atoms. The summed E-state index contributed by atoms with van der Waals surface area (Å²) in [6, 6.07) is 14.8. The van der Waals surface area contributed by atoms with Crippen molar-refractivity contribution >= 4 is 29.5 Å². The molecule has 3 aromatic rings. The topological polar surface area (TPSA) is 71.5 Å². The number of hydrogen-bond donors (Lipinski definition) is 0. The lowest BCUT2D eigenvalue weighted by atomic mass is 10.1. The Balaban J connectivity index is 1.92. The van der Waals surface area contributed by atoms with Gasteiger partial charge >= 0.3 is 0 Å².